The number of hydrogen-bond donors (Lipinski definition) is 2. The van der Waals surface area contributed by atoms with Crippen molar-refractivity contribution >= 4 is 0 Å². The standard InChI is InChI=1S/C17H27NO2/c19-16(14-20-17-11-7-4-8-12-17)13-18-15-9-5-2-1-3-6-10-15/h4,7-8,11-12,15-16,18-19H,1-3,5-6,9-10,13-14H2/p+1/t16-/m0/s1. The third-order valence-electron chi connectivity index (χ3n) is 4.08. The Morgan fingerprint density at radius 2 is 1.70 bits per heavy atom. The van der Waals surface area contributed by atoms with Crippen LogP contribution in [0.1, 0.15) is 44.9 Å². The first-order valence-corrected chi connectivity index (χ1v) is 8.04. The number of ether oxygens (including phenoxy) is 1. The smallest absolute Gasteiger partial charge is 0.137 e. The largest absolute Gasteiger partial charge is 0.491 e. The lowest BCUT2D eigenvalue weighted by molar-refractivity contribution is -0.696. The number of rotatable bonds is 6. The van der Waals surface area contributed by atoms with E-state index in [1.807, 2.05) is 30.3 Å². The summed E-state index contributed by atoms with van der Waals surface area (Å²) < 4.78 is 5.58. The lowest BCUT2D eigenvalue weighted by atomic mass is 9.96. The molecule has 3 N–H and O–H groups in total. The van der Waals surface area contributed by atoms with Crippen molar-refractivity contribution < 1.29 is 15.2 Å². The minimum atomic E-state index is -0.388. The highest BCUT2D eigenvalue weighted by molar-refractivity contribution is 5.20. The van der Waals surface area contributed by atoms with Crippen molar-refractivity contribution in [3.05, 3.63) is 30.3 Å². The molecule has 0 radical (unpaired) electrons. The van der Waals surface area contributed by atoms with E-state index in [0.29, 0.717) is 12.6 Å². The Morgan fingerprint density at radius 1 is 1.05 bits per heavy atom. The van der Waals surface area contributed by atoms with E-state index >= 15 is 0 Å². The van der Waals surface area contributed by atoms with E-state index in [9.17, 15) is 5.11 Å². The van der Waals surface area contributed by atoms with Crippen molar-refractivity contribution in [3.63, 3.8) is 0 Å². The van der Waals surface area contributed by atoms with Gasteiger partial charge in [0.1, 0.15) is 25.0 Å². The first kappa shape index (κ1) is 15.3. The maximum Gasteiger partial charge on any atom is 0.137 e. The van der Waals surface area contributed by atoms with E-state index < -0.39 is 0 Å². The summed E-state index contributed by atoms with van der Waals surface area (Å²) in [5, 5.41) is 12.3. The van der Waals surface area contributed by atoms with Gasteiger partial charge in [0.25, 0.3) is 0 Å². The summed E-state index contributed by atoms with van der Waals surface area (Å²) in [6.07, 6.45) is 9.06. The van der Waals surface area contributed by atoms with Crippen molar-refractivity contribution in [1.29, 1.82) is 0 Å². The molecule has 0 heterocycles. The van der Waals surface area contributed by atoms with Crippen LogP contribution in [0, 0.1) is 0 Å². The zero-order valence-electron chi connectivity index (χ0n) is 12.3. The van der Waals surface area contributed by atoms with E-state index in [-0.39, 0.29) is 6.10 Å². The molecular weight excluding hydrogens is 250 g/mol. The lowest BCUT2D eigenvalue weighted by Crippen LogP contribution is -2.92. The van der Waals surface area contributed by atoms with Crippen molar-refractivity contribution in [2.75, 3.05) is 13.2 Å². The first-order valence-electron chi connectivity index (χ1n) is 8.04. The normalized spacial score (nSPS) is 19.1. The van der Waals surface area contributed by atoms with Gasteiger partial charge in [0.05, 0.1) is 6.04 Å². The molecule has 0 spiro atoms. The number of aliphatic hydroxyl groups is 1. The number of quaternary nitrogens is 1. The molecule has 0 amide bonds. The zero-order valence-corrected chi connectivity index (χ0v) is 12.3. The fourth-order valence-corrected chi connectivity index (χ4v) is 2.85. The Hall–Kier alpha value is -1.06. The van der Waals surface area contributed by atoms with E-state index in [0.717, 1.165) is 12.3 Å². The van der Waals surface area contributed by atoms with E-state index in [2.05, 4.69) is 5.32 Å². The highest BCUT2D eigenvalue weighted by Gasteiger charge is 2.16. The molecule has 112 valence electrons. The zero-order chi connectivity index (χ0) is 14.0. The minimum absolute atomic E-state index is 0.382. The second-order valence-corrected chi connectivity index (χ2v) is 5.85. The summed E-state index contributed by atoms with van der Waals surface area (Å²) in [4.78, 5) is 0. The van der Waals surface area contributed by atoms with E-state index in [1.54, 1.807) is 0 Å². The molecule has 1 atom stereocenters. The molecule has 1 aliphatic rings. The first-order chi connectivity index (χ1) is 9.84. The number of benzene rings is 1. The Kier molecular flexibility index (Phi) is 6.89. The lowest BCUT2D eigenvalue weighted by Gasteiger charge is -2.20. The van der Waals surface area contributed by atoms with Gasteiger partial charge in [-0.15, -0.1) is 0 Å². The molecule has 0 bridgehead atoms. The summed E-state index contributed by atoms with van der Waals surface area (Å²) in [5.41, 5.74) is 0. The average molecular weight is 278 g/mol. The van der Waals surface area contributed by atoms with Gasteiger partial charge in [-0.1, -0.05) is 37.5 Å². The second-order valence-electron chi connectivity index (χ2n) is 5.85. The summed E-state index contributed by atoms with van der Waals surface area (Å²) in [6, 6.07) is 10.4. The van der Waals surface area contributed by atoms with Gasteiger partial charge in [-0.25, -0.2) is 0 Å². The number of hydrogen-bond acceptors (Lipinski definition) is 2. The van der Waals surface area contributed by atoms with Crippen LogP contribution in [-0.2, 0) is 0 Å². The van der Waals surface area contributed by atoms with Crippen LogP contribution in [0.2, 0.25) is 0 Å². The topological polar surface area (TPSA) is 46.1 Å². The molecule has 0 saturated heterocycles. The molecule has 2 rings (SSSR count). The Morgan fingerprint density at radius 3 is 2.40 bits per heavy atom. The van der Waals surface area contributed by atoms with E-state index in [1.165, 1.54) is 44.9 Å². The number of para-hydroxylation sites is 1. The van der Waals surface area contributed by atoms with Gasteiger partial charge >= 0.3 is 0 Å². The van der Waals surface area contributed by atoms with Gasteiger partial charge in [-0.2, -0.15) is 0 Å². The van der Waals surface area contributed by atoms with Gasteiger partial charge in [0.2, 0.25) is 0 Å². The Bertz CT molecular complexity index is 347. The molecule has 3 nitrogen and oxygen atoms in total. The molecule has 1 aromatic carbocycles. The number of nitrogens with two attached hydrogens (primary N) is 1. The predicted molar refractivity (Wildman–Crippen MR) is 80.8 cm³/mol. The molecule has 1 aliphatic carbocycles. The maximum atomic E-state index is 10.0. The predicted octanol–water partition coefficient (Wildman–Crippen LogP) is 2.10. The third kappa shape index (κ3) is 5.93. The van der Waals surface area contributed by atoms with Gasteiger partial charge in [-0.3, -0.25) is 0 Å². The summed E-state index contributed by atoms with van der Waals surface area (Å²) in [6.45, 7) is 1.13. The molecule has 1 saturated carbocycles. The van der Waals surface area contributed by atoms with Gasteiger partial charge in [0.15, 0.2) is 0 Å². The summed E-state index contributed by atoms with van der Waals surface area (Å²) in [7, 11) is 0. The average Bonchev–Trinajstić information content (AvgIpc) is 2.45. The van der Waals surface area contributed by atoms with Gasteiger partial charge in [0, 0.05) is 0 Å². The van der Waals surface area contributed by atoms with E-state index in [4.69, 9.17) is 4.74 Å². The van der Waals surface area contributed by atoms with Crippen molar-refractivity contribution in [3.8, 4) is 5.75 Å². The fraction of sp³-hybridized carbons (Fsp3) is 0.647. The Labute approximate surface area is 122 Å². The molecule has 0 unspecified atom stereocenters. The van der Waals surface area contributed by atoms with Crippen LogP contribution in [-0.4, -0.2) is 30.4 Å². The SMILES string of the molecule is O[C@@H](C[NH2+]C1CCCCCCC1)COc1ccccc1. The monoisotopic (exact) mass is 278 g/mol. The number of aliphatic hydroxyl groups excluding tert-OH is 1. The highest BCUT2D eigenvalue weighted by Crippen LogP contribution is 2.15. The third-order valence-corrected chi connectivity index (χ3v) is 4.08. The molecule has 20 heavy (non-hydrogen) atoms. The Balaban J connectivity index is 1.62. The molecule has 0 aliphatic heterocycles. The second kappa shape index (κ2) is 8.98. The molecule has 3 heteroatoms. The molecule has 0 aromatic heterocycles. The van der Waals surface area contributed by atoms with Crippen LogP contribution in [0.3, 0.4) is 0 Å². The quantitative estimate of drug-likeness (QED) is 0.837. The summed E-state index contributed by atoms with van der Waals surface area (Å²) in [5.74, 6) is 0.831. The van der Waals surface area contributed by atoms with Crippen LogP contribution in [0.4, 0.5) is 0 Å². The summed E-state index contributed by atoms with van der Waals surface area (Å²) >= 11 is 0. The maximum absolute atomic E-state index is 10.0. The van der Waals surface area contributed by atoms with Crippen LogP contribution in [0.15, 0.2) is 30.3 Å². The van der Waals surface area contributed by atoms with Crippen molar-refractivity contribution in [2.24, 2.45) is 0 Å². The van der Waals surface area contributed by atoms with Crippen molar-refractivity contribution in [1.82, 2.24) is 0 Å². The van der Waals surface area contributed by atoms with Gasteiger partial charge in [-0.05, 0) is 37.8 Å². The molecule has 1 fully saturated rings. The van der Waals surface area contributed by atoms with Crippen LogP contribution in [0.5, 0.6) is 5.75 Å². The fourth-order valence-electron chi connectivity index (χ4n) is 2.85. The van der Waals surface area contributed by atoms with Crippen LogP contribution >= 0.6 is 0 Å². The molecule has 1 aromatic rings. The van der Waals surface area contributed by atoms with Crippen molar-refractivity contribution in [2.45, 2.75) is 57.1 Å². The highest BCUT2D eigenvalue weighted by atomic mass is 16.5. The van der Waals surface area contributed by atoms with Crippen LogP contribution in [0.25, 0.3) is 0 Å². The van der Waals surface area contributed by atoms with Crippen LogP contribution < -0.4 is 10.1 Å². The molecular formula is C17H28NO2+. The minimum Gasteiger partial charge on any atom is -0.491 e. The van der Waals surface area contributed by atoms with Gasteiger partial charge < -0.3 is 15.2 Å².